The second-order valence-electron chi connectivity index (χ2n) is 6.99. The Bertz CT molecular complexity index is 1000. The van der Waals surface area contributed by atoms with Crippen LogP contribution >= 0.6 is 11.3 Å². The minimum atomic E-state index is -4.15. The molecule has 3 aromatic rings. The molecule has 1 aromatic carbocycles. The molecule has 0 amide bonds. The Balaban J connectivity index is 1.74. The van der Waals surface area contributed by atoms with Crippen LogP contribution in [0, 0.1) is 12.8 Å². The number of thiazole rings is 1. The number of hydrogen-bond acceptors (Lipinski definition) is 4. The van der Waals surface area contributed by atoms with Crippen molar-refractivity contribution in [2.24, 2.45) is 5.92 Å². The van der Waals surface area contributed by atoms with Crippen LogP contribution in [0.1, 0.15) is 43.1 Å². The molecule has 4 rings (SSSR count). The number of rotatable bonds is 2. The maximum atomic E-state index is 13.0. The van der Waals surface area contributed by atoms with Gasteiger partial charge in [0.25, 0.3) is 5.56 Å². The first-order chi connectivity index (χ1) is 12.8. The fourth-order valence-corrected chi connectivity index (χ4v) is 4.80. The summed E-state index contributed by atoms with van der Waals surface area (Å²) in [6.07, 6.45) is -3.27. The van der Waals surface area contributed by atoms with Gasteiger partial charge in [0.2, 0.25) is 0 Å². The van der Waals surface area contributed by atoms with E-state index in [0.29, 0.717) is 34.9 Å². The number of hydrogen-bond donors (Lipinski definition) is 1. The number of nitrogens with one attached hydrogen (secondary N) is 1. The number of H-pyrrole nitrogens is 1. The predicted molar refractivity (Wildman–Crippen MR) is 99.0 cm³/mol. The first kappa shape index (κ1) is 18.2. The third-order valence-corrected chi connectivity index (χ3v) is 6.20. The van der Waals surface area contributed by atoms with Crippen molar-refractivity contribution in [1.82, 2.24) is 15.0 Å². The summed E-state index contributed by atoms with van der Waals surface area (Å²) >= 11 is 1.40. The molecule has 1 fully saturated rings. The average Bonchev–Trinajstić information content (AvgIpc) is 3.04. The lowest BCUT2D eigenvalue weighted by Crippen LogP contribution is -2.28. The molecule has 0 bridgehead atoms. The average molecular weight is 393 g/mol. The van der Waals surface area contributed by atoms with Gasteiger partial charge in [-0.3, -0.25) is 4.79 Å². The molecular formula is C19H18F3N3OS. The zero-order chi connectivity index (χ0) is 19.2. The van der Waals surface area contributed by atoms with Crippen LogP contribution in [0.2, 0.25) is 0 Å². The van der Waals surface area contributed by atoms with Crippen molar-refractivity contribution in [1.29, 1.82) is 0 Å². The monoisotopic (exact) mass is 393 g/mol. The van der Waals surface area contributed by atoms with Gasteiger partial charge in [-0.15, -0.1) is 11.3 Å². The van der Waals surface area contributed by atoms with E-state index < -0.39 is 12.1 Å². The zero-order valence-electron chi connectivity index (χ0n) is 14.6. The number of benzene rings is 1. The highest BCUT2D eigenvalue weighted by atomic mass is 32.1. The van der Waals surface area contributed by atoms with Gasteiger partial charge in [0.1, 0.15) is 10.8 Å². The van der Waals surface area contributed by atoms with Gasteiger partial charge < -0.3 is 4.98 Å². The van der Waals surface area contributed by atoms with Gasteiger partial charge in [0.05, 0.1) is 27.4 Å². The maximum Gasteiger partial charge on any atom is 0.391 e. The minimum absolute atomic E-state index is 0.0704. The highest BCUT2D eigenvalue weighted by Gasteiger charge is 2.42. The van der Waals surface area contributed by atoms with Crippen LogP contribution in [-0.2, 0) is 0 Å². The summed E-state index contributed by atoms with van der Waals surface area (Å²) in [4.78, 5) is 24.5. The quantitative estimate of drug-likeness (QED) is 0.652. The predicted octanol–water partition coefficient (Wildman–Crippen LogP) is 5.19. The van der Waals surface area contributed by atoms with Crippen LogP contribution < -0.4 is 5.56 Å². The lowest BCUT2D eigenvalue weighted by atomic mass is 9.79. The van der Waals surface area contributed by atoms with Crippen molar-refractivity contribution in [3.05, 3.63) is 46.1 Å². The topological polar surface area (TPSA) is 58.6 Å². The number of alkyl halides is 3. The van der Waals surface area contributed by atoms with Crippen molar-refractivity contribution >= 4 is 21.6 Å². The third kappa shape index (κ3) is 3.50. The standard InChI is InChI=1S/C19H18F3N3OS/c1-10-23-16(11-6-8-12(9-7-11)19(20,21)22)15(17(26)24-10)18-25-13-4-2-3-5-14(13)27-18/h2-5,11-12H,6-9H2,1H3,(H,23,24,26)/t11-,12+. The summed E-state index contributed by atoms with van der Waals surface area (Å²) in [6.45, 7) is 1.69. The van der Waals surface area contributed by atoms with E-state index in [1.807, 2.05) is 24.3 Å². The Morgan fingerprint density at radius 1 is 1.11 bits per heavy atom. The molecule has 142 valence electrons. The molecular weight excluding hydrogens is 375 g/mol. The van der Waals surface area contributed by atoms with E-state index in [1.165, 1.54) is 11.3 Å². The molecule has 1 saturated carbocycles. The number of halogens is 3. The number of aryl methyl sites for hydroxylation is 1. The van der Waals surface area contributed by atoms with Crippen molar-refractivity contribution in [2.75, 3.05) is 0 Å². The van der Waals surface area contributed by atoms with Crippen LogP contribution in [0.15, 0.2) is 29.1 Å². The molecule has 0 radical (unpaired) electrons. The SMILES string of the molecule is Cc1nc([C@H]2CC[C@@H](C(F)(F)F)CC2)c(-c2nc3ccccc3s2)c(=O)[nH]1. The van der Waals surface area contributed by atoms with Crippen molar-refractivity contribution in [3.63, 3.8) is 0 Å². The van der Waals surface area contributed by atoms with E-state index in [4.69, 9.17) is 0 Å². The van der Waals surface area contributed by atoms with Gasteiger partial charge in [-0.2, -0.15) is 13.2 Å². The van der Waals surface area contributed by atoms with Crippen LogP contribution in [0.3, 0.4) is 0 Å². The number of para-hydroxylation sites is 1. The molecule has 0 spiro atoms. The molecule has 4 nitrogen and oxygen atoms in total. The first-order valence-electron chi connectivity index (χ1n) is 8.86. The van der Waals surface area contributed by atoms with E-state index in [9.17, 15) is 18.0 Å². The largest absolute Gasteiger partial charge is 0.391 e. The van der Waals surface area contributed by atoms with Gasteiger partial charge in [0, 0.05) is 5.92 Å². The van der Waals surface area contributed by atoms with E-state index >= 15 is 0 Å². The summed E-state index contributed by atoms with van der Waals surface area (Å²) < 4.78 is 39.9. The summed E-state index contributed by atoms with van der Waals surface area (Å²) in [6, 6.07) is 7.59. The Hall–Kier alpha value is -2.22. The smallest absolute Gasteiger partial charge is 0.310 e. The van der Waals surface area contributed by atoms with Gasteiger partial charge in [-0.05, 0) is 44.7 Å². The molecule has 8 heteroatoms. The fourth-order valence-electron chi connectivity index (χ4n) is 3.78. The number of aromatic nitrogens is 3. The number of fused-ring (bicyclic) bond motifs is 1. The van der Waals surface area contributed by atoms with Gasteiger partial charge >= 0.3 is 6.18 Å². The summed E-state index contributed by atoms with van der Waals surface area (Å²) in [7, 11) is 0. The summed E-state index contributed by atoms with van der Waals surface area (Å²) in [5, 5.41) is 0.567. The van der Waals surface area contributed by atoms with E-state index in [0.717, 1.165) is 10.2 Å². The normalized spacial score (nSPS) is 20.9. The highest BCUT2D eigenvalue weighted by Crippen LogP contribution is 2.44. The lowest BCUT2D eigenvalue weighted by molar-refractivity contribution is -0.182. The molecule has 2 aromatic heterocycles. The Morgan fingerprint density at radius 3 is 2.48 bits per heavy atom. The lowest BCUT2D eigenvalue weighted by Gasteiger charge is -2.30. The second kappa shape index (κ2) is 6.74. The van der Waals surface area contributed by atoms with Gasteiger partial charge in [-0.1, -0.05) is 12.1 Å². The van der Waals surface area contributed by atoms with Crippen molar-refractivity contribution in [2.45, 2.75) is 44.7 Å². The first-order valence-corrected chi connectivity index (χ1v) is 9.68. The third-order valence-electron chi connectivity index (χ3n) is 5.15. The summed E-state index contributed by atoms with van der Waals surface area (Å²) in [5.41, 5.74) is 1.49. The molecule has 0 saturated heterocycles. The number of nitrogens with zero attached hydrogens (tertiary/aromatic N) is 2. The zero-order valence-corrected chi connectivity index (χ0v) is 15.5. The van der Waals surface area contributed by atoms with Crippen LogP contribution in [0.25, 0.3) is 20.8 Å². The van der Waals surface area contributed by atoms with E-state index in [-0.39, 0.29) is 24.3 Å². The molecule has 27 heavy (non-hydrogen) atoms. The molecule has 0 aliphatic heterocycles. The molecule has 0 atom stereocenters. The number of aromatic amines is 1. The van der Waals surface area contributed by atoms with Crippen molar-refractivity contribution < 1.29 is 13.2 Å². The minimum Gasteiger partial charge on any atom is -0.310 e. The fraction of sp³-hybridized carbons (Fsp3) is 0.421. The highest BCUT2D eigenvalue weighted by molar-refractivity contribution is 7.21. The van der Waals surface area contributed by atoms with E-state index in [1.54, 1.807) is 6.92 Å². The maximum absolute atomic E-state index is 13.0. The van der Waals surface area contributed by atoms with Gasteiger partial charge in [0.15, 0.2) is 0 Å². The Labute approximate surface area is 157 Å². The van der Waals surface area contributed by atoms with E-state index in [2.05, 4.69) is 15.0 Å². The molecule has 1 N–H and O–H groups in total. The Kier molecular flexibility index (Phi) is 4.53. The van der Waals surface area contributed by atoms with Crippen LogP contribution in [0.5, 0.6) is 0 Å². The Morgan fingerprint density at radius 2 is 1.81 bits per heavy atom. The molecule has 2 heterocycles. The molecule has 1 aliphatic carbocycles. The molecule has 0 unspecified atom stereocenters. The van der Waals surface area contributed by atoms with Crippen LogP contribution in [0.4, 0.5) is 13.2 Å². The second-order valence-corrected chi connectivity index (χ2v) is 8.02. The summed E-state index contributed by atoms with van der Waals surface area (Å²) in [5.74, 6) is -0.952. The van der Waals surface area contributed by atoms with Crippen molar-refractivity contribution in [3.8, 4) is 10.6 Å². The van der Waals surface area contributed by atoms with Crippen LogP contribution in [-0.4, -0.2) is 21.1 Å². The van der Waals surface area contributed by atoms with Gasteiger partial charge in [-0.25, -0.2) is 9.97 Å². The molecule has 1 aliphatic rings.